The third-order valence-corrected chi connectivity index (χ3v) is 2.38. The van der Waals surface area contributed by atoms with Crippen molar-refractivity contribution in [3.05, 3.63) is 36.5 Å². The van der Waals surface area contributed by atoms with Gasteiger partial charge in [-0.1, -0.05) is 0 Å². The minimum atomic E-state index is 0.474. The number of aromatic amines is 1. The Bertz CT molecular complexity index is 724. The lowest BCUT2D eigenvalue weighted by Gasteiger charge is -2.01. The van der Waals surface area contributed by atoms with Gasteiger partial charge in [-0.25, -0.2) is 15.0 Å². The molecule has 0 unspecified atom stereocenters. The number of aromatic nitrogens is 5. The van der Waals surface area contributed by atoms with Gasteiger partial charge >= 0.3 is 0 Å². The van der Waals surface area contributed by atoms with Crippen LogP contribution < -0.4 is 0 Å². The summed E-state index contributed by atoms with van der Waals surface area (Å²) in [5, 5.41) is 9.04. The number of H-pyrrole nitrogens is 1. The first-order valence-corrected chi connectivity index (χ1v) is 4.89. The molecule has 0 saturated heterocycles. The van der Waals surface area contributed by atoms with Crippen LogP contribution in [-0.2, 0) is 0 Å². The monoisotopic (exact) mass is 222 g/mol. The van der Waals surface area contributed by atoms with Crippen molar-refractivity contribution in [2.75, 3.05) is 0 Å². The fraction of sp³-hybridized carbons (Fsp3) is 0. The summed E-state index contributed by atoms with van der Waals surface area (Å²) >= 11 is 0. The standard InChI is InChI=1S/C11H6N6/c12-4-7-2-1-3-13-8(7)9-10-11(16-5-14-9)17-6-15-10/h1-3,5-6H,(H,14,15,16,17). The zero-order valence-corrected chi connectivity index (χ0v) is 8.62. The number of nitrogens with zero attached hydrogens (tertiary/aromatic N) is 5. The summed E-state index contributed by atoms with van der Waals surface area (Å²) in [6.07, 6.45) is 4.58. The van der Waals surface area contributed by atoms with Crippen LogP contribution in [0.4, 0.5) is 0 Å². The number of nitrogens with one attached hydrogen (secondary N) is 1. The summed E-state index contributed by atoms with van der Waals surface area (Å²) in [5.41, 5.74) is 2.84. The second-order valence-corrected chi connectivity index (χ2v) is 3.33. The van der Waals surface area contributed by atoms with Crippen LogP contribution in [0.3, 0.4) is 0 Å². The van der Waals surface area contributed by atoms with Crippen molar-refractivity contribution in [3.8, 4) is 17.5 Å². The minimum Gasteiger partial charge on any atom is -0.341 e. The van der Waals surface area contributed by atoms with Gasteiger partial charge in [0.05, 0.1) is 11.9 Å². The van der Waals surface area contributed by atoms with Gasteiger partial charge in [-0.05, 0) is 12.1 Å². The molecule has 3 aromatic heterocycles. The lowest BCUT2D eigenvalue weighted by molar-refractivity contribution is 1.18. The molecule has 3 heterocycles. The summed E-state index contributed by atoms with van der Waals surface area (Å²) in [6, 6.07) is 5.51. The summed E-state index contributed by atoms with van der Waals surface area (Å²) in [7, 11) is 0. The van der Waals surface area contributed by atoms with Gasteiger partial charge in [0.25, 0.3) is 0 Å². The average Bonchev–Trinajstić information content (AvgIpc) is 2.86. The summed E-state index contributed by atoms with van der Waals surface area (Å²) in [6.45, 7) is 0. The molecule has 0 amide bonds. The number of hydrogen-bond donors (Lipinski definition) is 1. The Balaban J connectivity index is 2.35. The van der Waals surface area contributed by atoms with Crippen LogP contribution in [0.15, 0.2) is 31.0 Å². The van der Waals surface area contributed by atoms with E-state index in [4.69, 9.17) is 5.26 Å². The smallest absolute Gasteiger partial charge is 0.181 e. The van der Waals surface area contributed by atoms with Gasteiger partial charge in [0.15, 0.2) is 5.65 Å². The van der Waals surface area contributed by atoms with E-state index in [-0.39, 0.29) is 0 Å². The van der Waals surface area contributed by atoms with Crippen molar-refractivity contribution in [1.82, 2.24) is 24.9 Å². The molecule has 0 bridgehead atoms. The van der Waals surface area contributed by atoms with Gasteiger partial charge in [-0.2, -0.15) is 5.26 Å². The lowest BCUT2D eigenvalue weighted by atomic mass is 10.1. The summed E-state index contributed by atoms with van der Waals surface area (Å²) in [5.74, 6) is 0. The number of fused-ring (bicyclic) bond motifs is 1. The SMILES string of the molecule is N#Cc1cccnc1-c1ncnc2nc[nH]c12. The molecule has 17 heavy (non-hydrogen) atoms. The normalized spacial score (nSPS) is 10.3. The first-order valence-electron chi connectivity index (χ1n) is 4.89. The van der Waals surface area contributed by atoms with Gasteiger partial charge in [0.1, 0.15) is 29.3 Å². The number of imidazole rings is 1. The molecule has 6 heteroatoms. The van der Waals surface area contributed by atoms with Gasteiger partial charge in [0.2, 0.25) is 0 Å². The highest BCUT2D eigenvalue weighted by Crippen LogP contribution is 2.23. The van der Waals surface area contributed by atoms with Gasteiger partial charge in [-0.15, -0.1) is 0 Å². The molecule has 0 atom stereocenters. The highest BCUT2D eigenvalue weighted by atomic mass is 15.0. The molecule has 0 aromatic carbocycles. The molecule has 0 aliphatic rings. The van der Waals surface area contributed by atoms with Gasteiger partial charge in [0, 0.05) is 6.20 Å². The predicted octanol–water partition coefficient (Wildman–Crippen LogP) is 1.29. The van der Waals surface area contributed by atoms with Crippen LogP contribution in [0.25, 0.3) is 22.6 Å². The molecule has 80 valence electrons. The second kappa shape index (κ2) is 3.64. The van der Waals surface area contributed by atoms with Crippen LogP contribution in [0.5, 0.6) is 0 Å². The molecule has 0 aliphatic heterocycles. The minimum absolute atomic E-state index is 0.474. The molecule has 0 radical (unpaired) electrons. The lowest BCUT2D eigenvalue weighted by Crippen LogP contribution is -1.93. The molecule has 0 fully saturated rings. The van der Waals surface area contributed by atoms with E-state index < -0.39 is 0 Å². The van der Waals surface area contributed by atoms with Crippen molar-refractivity contribution in [2.45, 2.75) is 0 Å². The third-order valence-electron chi connectivity index (χ3n) is 2.38. The summed E-state index contributed by atoms with van der Waals surface area (Å²) in [4.78, 5) is 19.4. The molecule has 0 aliphatic carbocycles. The predicted molar refractivity (Wildman–Crippen MR) is 59.6 cm³/mol. The highest BCUT2D eigenvalue weighted by molar-refractivity contribution is 5.86. The first kappa shape index (κ1) is 9.42. The van der Waals surface area contributed by atoms with E-state index in [2.05, 4.69) is 31.0 Å². The van der Waals surface area contributed by atoms with Crippen LogP contribution in [-0.4, -0.2) is 24.9 Å². The van der Waals surface area contributed by atoms with E-state index in [0.717, 1.165) is 0 Å². The molecular weight excluding hydrogens is 216 g/mol. The van der Waals surface area contributed by atoms with E-state index in [1.54, 1.807) is 18.3 Å². The zero-order chi connectivity index (χ0) is 11.7. The maximum atomic E-state index is 9.04. The fourth-order valence-corrected chi connectivity index (χ4v) is 1.63. The Labute approximate surface area is 96.0 Å². The topological polar surface area (TPSA) is 91.1 Å². The Hall–Kier alpha value is -2.81. The quantitative estimate of drug-likeness (QED) is 0.669. The second-order valence-electron chi connectivity index (χ2n) is 3.33. The Kier molecular flexibility index (Phi) is 2.02. The molecule has 1 N–H and O–H groups in total. The molecular formula is C11H6N6. The van der Waals surface area contributed by atoms with Crippen molar-refractivity contribution in [1.29, 1.82) is 5.26 Å². The molecule has 0 saturated carbocycles. The van der Waals surface area contributed by atoms with Crippen LogP contribution >= 0.6 is 0 Å². The van der Waals surface area contributed by atoms with Gasteiger partial charge in [-0.3, -0.25) is 4.98 Å². The Morgan fingerprint density at radius 1 is 1.12 bits per heavy atom. The number of hydrogen-bond acceptors (Lipinski definition) is 5. The fourth-order valence-electron chi connectivity index (χ4n) is 1.63. The maximum Gasteiger partial charge on any atom is 0.181 e. The van der Waals surface area contributed by atoms with Crippen molar-refractivity contribution in [2.24, 2.45) is 0 Å². The number of rotatable bonds is 1. The zero-order valence-electron chi connectivity index (χ0n) is 8.62. The van der Waals surface area contributed by atoms with E-state index in [9.17, 15) is 0 Å². The first-order chi connectivity index (χ1) is 8.40. The maximum absolute atomic E-state index is 9.04. The Morgan fingerprint density at radius 3 is 2.94 bits per heavy atom. The average molecular weight is 222 g/mol. The Morgan fingerprint density at radius 2 is 2.06 bits per heavy atom. The van der Waals surface area contributed by atoms with Crippen molar-refractivity contribution < 1.29 is 0 Å². The molecule has 0 spiro atoms. The largest absolute Gasteiger partial charge is 0.341 e. The molecule has 6 nitrogen and oxygen atoms in total. The van der Waals surface area contributed by atoms with Crippen molar-refractivity contribution >= 4 is 11.2 Å². The van der Waals surface area contributed by atoms with E-state index in [0.29, 0.717) is 28.1 Å². The van der Waals surface area contributed by atoms with Crippen LogP contribution in [0.1, 0.15) is 5.56 Å². The van der Waals surface area contributed by atoms with Crippen LogP contribution in [0.2, 0.25) is 0 Å². The van der Waals surface area contributed by atoms with Gasteiger partial charge < -0.3 is 4.98 Å². The van der Waals surface area contributed by atoms with E-state index in [1.165, 1.54) is 12.7 Å². The van der Waals surface area contributed by atoms with E-state index in [1.807, 2.05) is 0 Å². The van der Waals surface area contributed by atoms with Crippen LogP contribution in [0, 0.1) is 11.3 Å². The third kappa shape index (κ3) is 1.41. The number of pyridine rings is 1. The van der Waals surface area contributed by atoms with E-state index >= 15 is 0 Å². The number of nitriles is 1. The molecule has 3 rings (SSSR count). The molecule has 3 aromatic rings. The summed E-state index contributed by atoms with van der Waals surface area (Å²) < 4.78 is 0. The van der Waals surface area contributed by atoms with Crippen molar-refractivity contribution in [3.63, 3.8) is 0 Å². The highest BCUT2D eigenvalue weighted by Gasteiger charge is 2.12.